The predicted molar refractivity (Wildman–Crippen MR) is 65.3 cm³/mol. The third-order valence-electron chi connectivity index (χ3n) is 2.34. The second-order valence-corrected chi connectivity index (χ2v) is 4.26. The topological polar surface area (TPSA) is 55.1 Å². The zero-order chi connectivity index (χ0) is 12.6. The first kappa shape index (κ1) is 12.0. The van der Waals surface area contributed by atoms with Gasteiger partial charge in [0.2, 0.25) is 0 Å². The fourth-order valence-corrected chi connectivity index (χ4v) is 1.82. The van der Waals surface area contributed by atoms with E-state index >= 15 is 0 Å². The molecule has 0 fully saturated rings. The first-order chi connectivity index (χ1) is 8.00. The van der Waals surface area contributed by atoms with Crippen molar-refractivity contribution in [3.63, 3.8) is 0 Å². The van der Waals surface area contributed by atoms with E-state index < -0.39 is 5.97 Å². The number of carboxylic acids is 1. The van der Waals surface area contributed by atoms with Crippen molar-refractivity contribution in [1.29, 1.82) is 0 Å². The maximum Gasteiger partial charge on any atom is 0.340 e. The van der Waals surface area contributed by atoms with Gasteiger partial charge < -0.3 is 5.11 Å². The molecule has 0 aliphatic carbocycles. The average molecular weight is 271 g/mol. The smallest absolute Gasteiger partial charge is 0.340 e. The summed E-state index contributed by atoms with van der Waals surface area (Å²) in [7, 11) is 0. The van der Waals surface area contributed by atoms with Gasteiger partial charge in [-0.3, -0.25) is 0 Å². The van der Waals surface area contributed by atoms with Crippen LogP contribution in [0.25, 0.3) is 5.69 Å². The van der Waals surface area contributed by atoms with Crippen molar-refractivity contribution in [2.24, 2.45) is 0 Å². The number of aromatic carboxylic acids is 1. The molecule has 1 heterocycles. The summed E-state index contributed by atoms with van der Waals surface area (Å²) < 4.78 is 1.33. The lowest BCUT2D eigenvalue weighted by Crippen LogP contribution is -1.99. The minimum absolute atomic E-state index is 0.0386. The molecule has 2 rings (SSSR count). The number of hydrogen-bond donors (Lipinski definition) is 1. The minimum Gasteiger partial charge on any atom is -0.478 e. The summed E-state index contributed by atoms with van der Waals surface area (Å²) >= 11 is 11.9. The van der Waals surface area contributed by atoms with Gasteiger partial charge in [0.25, 0.3) is 0 Å². The monoisotopic (exact) mass is 270 g/mol. The van der Waals surface area contributed by atoms with Crippen LogP contribution in [0.1, 0.15) is 15.9 Å². The molecular formula is C11H8Cl2N2O2. The van der Waals surface area contributed by atoms with Gasteiger partial charge in [-0.1, -0.05) is 29.3 Å². The van der Waals surface area contributed by atoms with E-state index in [1.54, 1.807) is 12.1 Å². The summed E-state index contributed by atoms with van der Waals surface area (Å²) in [5, 5.41) is 13.4. The van der Waals surface area contributed by atoms with E-state index in [0.29, 0.717) is 10.7 Å². The van der Waals surface area contributed by atoms with Crippen LogP contribution in [0.2, 0.25) is 10.2 Å². The Hall–Kier alpha value is -1.52. The lowest BCUT2D eigenvalue weighted by Gasteiger charge is -2.05. The fraction of sp³-hybridized carbons (Fsp3) is 0.0909. The van der Waals surface area contributed by atoms with Crippen LogP contribution >= 0.6 is 23.2 Å². The summed E-state index contributed by atoms with van der Waals surface area (Å²) in [4.78, 5) is 10.8. The number of hydrogen-bond acceptors (Lipinski definition) is 2. The number of nitrogens with zero attached hydrogens (tertiary/aromatic N) is 2. The quantitative estimate of drug-likeness (QED) is 0.912. The van der Waals surface area contributed by atoms with E-state index in [4.69, 9.17) is 28.3 Å². The minimum atomic E-state index is -1.11. The molecule has 88 valence electrons. The van der Waals surface area contributed by atoms with E-state index in [0.717, 1.165) is 5.56 Å². The first-order valence-electron chi connectivity index (χ1n) is 4.74. The summed E-state index contributed by atoms with van der Waals surface area (Å²) in [6.45, 7) is 1.87. The molecular weight excluding hydrogens is 263 g/mol. The standard InChI is InChI=1S/C11H8Cl2N2O2/c1-6-2-3-7(4-9(6)12)15-10(13)8(5-14-15)11(16)17/h2-5H,1H3,(H,16,17). The molecule has 1 aromatic carbocycles. The van der Waals surface area contributed by atoms with Crippen LogP contribution in [-0.2, 0) is 0 Å². The normalized spacial score (nSPS) is 10.5. The van der Waals surface area contributed by atoms with Crippen LogP contribution in [0.5, 0.6) is 0 Å². The van der Waals surface area contributed by atoms with E-state index in [2.05, 4.69) is 5.10 Å². The van der Waals surface area contributed by atoms with Crippen LogP contribution in [0, 0.1) is 6.92 Å². The van der Waals surface area contributed by atoms with Gasteiger partial charge >= 0.3 is 5.97 Å². The first-order valence-corrected chi connectivity index (χ1v) is 5.49. The van der Waals surface area contributed by atoms with Crippen molar-refractivity contribution < 1.29 is 9.90 Å². The number of rotatable bonds is 2. The third-order valence-corrected chi connectivity index (χ3v) is 3.11. The number of benzene rings is 1. The largest absolute Gasteiger partial charge is 0.478 e. The SMILES string of the molecule is Cc1ccc(-n2ncc(C(=O)O)c2Cl)cc1Cl. The number of carboxylic acid groups (broad SMARTS) is 1. The predicted octanol–water partition coefficient (Wildman–Crippen LogP) is 3.19. The van der Waals surface area contributed by atoms with Gasteiger partial charge in [0, 0.05) is 5.02 Å². The van der Waals surface area contributed by atoms with Crippen LogP contribution in [0.15, 0.2) is 24.4 Å². The Morgan fingerprint density at radius 3 is 2.65 bits per heavy atom. The second kappa shape index (κ2) is 4.39. The Balaban J connectivity index is 2.53. The molecule has 0 amide bonds. The molecule has 0 saturated carbocycles. The van der Waals surface area contributed by atoms with Crippen molar-refractivity contribution in [1.82, 2.24) is 9.78 Å². The zero-order valence-corrected chi connectivity index (χ0v) is 10.3. The zero-order valence-electron chi connectivity index (χ0n) is 8.82. The maximum absolute atomic E-state index is 10.8. The molecule has 1 aromatic heterocycles. The van der Waals surface area contributed by atoms with Crippen LogP contribution in [0.4, 0.5) is 0 Å². The highest BCUT2D eigenvalue weighted by molar-refractivity contribution is 6.33. The number of carbonyl (C=O) groups is 1. The molecule has 0 atom stereocenters. The molecule has 0 aliphatic heterocycles. The highest BCUT2D eigenvalue weighted by atomic mass is 35.5. The van der Waals surface area contributed by atoms with E-state index in [1.165, 1.54) is 10.9 Å². The Bertz CT molecular complexity index is 593. The van der Waals surface area contributed by atoms with Crippen molar-refractivity contribution >= 4 is 29.2 Å². The molecule has 0 aliphatic rings. The summed E-state index contributed by atoms with van der Waals surface area (Å²) in [5.74, 6) is -1.11. The van der Waals surface area contributed by atoms with E-state index in [-0.39, 0.29) is 10.7 Å². The molecule has 2 aromatic rings. The number of halogens is 2. The van der Waals surface area contributed by atoms with Gasteiger partial charge in [-0.15, -0.1) is 0 Å². The van der Waals surface area contributed by atoms with Crippen molar-refractivity contribution in [2.45, 2.75) is 6.92 Å². The summed E-state index contributed by atoms with van der Waals surface area (Å²) in [5.41, 5.74) is 1.51. The molecule has 0 radical (unpaired) electrons. The maximum atomic E-state index is 10.8. The number of aromatic nitrogens is 2. The highest BCUT2D eigenvalue weighted by Gasteiger charge is 2.15. The molecule has 0 spiro atoms. The molecule has 6 heteroatoms. The van der Waals surface area contributed by atoms with Gasteiger partial charge in [-0.05, 0) is 24.6 Å². The van der Waals surface area contributed by atoms with Crippen molar-refractivity contribution in [2.75, 3.05) is 0 Å². The van der Waals surface area contributed by atoms with Gasteiger partial charge in [0.15, 0.2) is 0 Å². The van der Waals surface area contributed by atoms with Crippen molar-refractivity contribution in [3.05, 3.63) is 45.7 Å². The molecule has 1 N–H and O–H groups in total. The molecule has 0 saturated heterocycles. The molecule has 4 nitrogen and oxygen atoms in total. The fourth-order valence-electron chi connectivity index (χ4n) is 1.37. The Morgan fingerprint density at radius 2 is 2.12 bits per heavy atom. The highest BCUT2D eigenvalue weighted by Crippen LogP contribution is 2.24. The summed E-state index contributed by atoms with van der Waals surface area (Å²) in [6, 6.07) is 5.27. The van der Waals surface area contributed by atoms with Gasteiger partial charge in [0.05, 0.1) is 11.9 Å². The van der Waals surface area contributed by atoms with Crippen molar-refractivity contribution in [3.8, 4) is 5.69 Å². The van der Waals surface area contributed by atoms with Gasteiger partial charge in [-0.2, -0.15) is 5.10 Å². The lowest BCUT2D eigenvalue weighted by molar-refractivity contribution is 0.0697. The van der Waals surface area contributed by atoms with Gasteiger partial charge in [0.1, 0.15) is 10.7 Å². The Morgan fingerprint density at radius 1 is 1.41 bits per heavy atom. The Kier molecular flexibility index (Phi) is 3.09. The lowest BCUT2D eigenvalue weighted by atomic mass is 10.2. The average Bonchev–Trinajstić information content (AvgIpc) is 2.64. The van der Waals surface area contributed by atoms with E-state index in [9.17, 15) is 4.79 Å². The third kappa shape index (κ3) is 2.14. The molecule has 0 bridgehead atoms. The summed E-state index contributed by atoms with van der Waals surface area (Å²) in [6.07, 6.45) is 1.21. The number of aryl methyl sites for hydroxylation is 1. The van der Waals surface area contributed by atoms with Crippen LogP contribution in [-0.4, -0.2) is 20.9 Å². The molecule has 0 unspecified atom stereocenters. The van der Waals surface area contributed by atoms with Crippen LogP contribution in [0.3, 0.4) is 0 Å². The van der Waals surface area contributed by atoms with E-state index in [1.807, 2.05) is 13.0 Å². The van der Waals surface area contributed by atoms with Gasteiger partial charge in [-0.25, -0.2) is 9.48 Å². The molecule has 17 heavy (non-hydrogen) atoms. The van der Waals surface area contributed by atoms with Crippen LogP contribution < -0.4 is 0 Å². The Labute approximate surface area is 107 Å². The second-order valence-electron chi connectivity index (χ2n) is 3.50.